The minimum absolute atomic E-state index is 0.156. The Kier molecular flexibility index (Phi) is 8.76. The van der Waals surface area contributed by atoms with Gasteiger partial charge >= 0.3 is 18.1 Å². The molecule has 0 atom stereocenters. The second-order valence-corrected chi connectivity index (χ2v) is 8.53. The second kappa shape index (κ2) is 11.8. The van der Waals surface area contributed by atoms with E-state index in [1.54, 1.807) is 0 Å². The molecule has 0 saturated carbocycles. The largest absolute Gasteiger partial charge is 0.490 e. The van der Waals surface area contributed by atoms with Crippen LogP contribution in [-0.4, -0.2) is 84.3 Å². The topological polar surface area (TPSA) is 109 Å². The summed E-state index contributed by atoms with van der Waals surface area (Å²) >= 11 is 0. The average molecular weight is 508 g/mol. The van der Waals surface area contributed by atoms with Gasteiger partial charge in [0.2, 0.25) is 5.82 Å². The lowest BCUT2D eigenvalue weighted by molar-refractivity contribution is -0.192. The van der Waals surface area contributed by atoms with Crippen molar-refractivity contribution in [3.8, 4) is 0 Å². The number of amides is 1. The van der Waals surface area contributed by atoms with Crippen molar-refractivity contribution in [1.29, 1.82) is 0 Å². The van der Waals surface area contributed by atoms with Crippen LogP contribution in [0, 0.1) is 6.57 Å². The Morgan fingerprint density at radius 1 is 1.08 bits per heavy atom. The summed E-state index contributed by atoms with van der Waals surface area (Å²) in [4.78, 5) is 38.7. The van der Waals surface area contributed by atoms with E-state index in [1.807, 2.05) is 6.07 Å². The van der Waals surface area contributed by atoms with E-state index in [2.05, 4.69) is 54.0 Å². The van der Waals surface area contributed by atoms with Crippen molar-refractivity contribution < 1.29 is 27.9 Å². The van der Waals surface area contributed by atoms with Crippen LogP contribution in [0.15, 0.2) is 24.4 Å². The van der Waals surface area contributed by atoms with Crippen molar-refractivity contribution in [3.63, 3.8) is 0 Å². The number of nitrogens with one attached hydrogen (secondary N) is 2. The Bertz CT molecular complexity index is 1100. The van der Waals surface area contributed by atoms with Gasteiger partial charge in [-0.25, -0.2) is 9.78 Å². The molecule has 2 aliphatic heterocycles. The fraction of sp³-hybridized carbons (Fsp3) is 0.478. The maximum Gasteiger partial charge on any atom is 0.490 e. The number of nitrogens with zero attached hydrogens (tertiary/aromatic N) is 5. The molecule has 2 fully saturated rings. The fourth-order valence-corrected chi connectivity index (χ4v) is 3.95. The van der Waals surface area contributed by atoms with Crippen LogP contribution in [0.2, 0.25) is 0 Å². The van der Waals surface area contributed by atoms with Crippen molar-refractivity contribution in [3.05, 3.63) is 41.6 Å². The summed E-state index contributed by atoms with van der Waals surface area (Å²) in [6.45, 7) is 13.1. The Morgan fingerprint density at radius 2 is 1.72 bits per heavy atom. The first kappa shape index (κ1) is 26.8. The zero-order valence-electron chi connectivity index (χ0n) is 19.8. The third kappa shape index (κ3) is 7.11. The molecule has 4 rings (SSSR count). The molecule has 0 bridgehead atoms. The molecule has 2 saturated heterocycles. The molecule has 0 aliphatic carbocycles. The van der Waals surface area contributed by atoms with Crippen molar-refractivity contribution in [2.24, 2.45) is 0 Å². The van der Waals surface area contributed by atoms with Gasteiger partial charge in [0.05, 0.1) is 17.6 Å². The third-order valence-corrected chi connectivity index (χ3v) is 5.94. The molecule has 194 valence electrons. The number of carboxylic acids is 1. The lowest BCUT2D eigenvalue weighted by atomic mass is 10.1. The number of carboxylic acid groups (broad SMARTS) is 1. The molecule has 3 N–H and O–H groups in total. The number of hydrogen-bond acceptors (Lipinski definition) is 6. The molecule has 0 spiro atoms. The third-order valence-electron chi connectivity index (χ3n) is 5.94. The van der Waals surface area contributed by atoms with Crippen molar-refractivity contribution in [2.75, 3.05) is 61.4 Å². The number of carbonyl (C=O) groups is 2. The number of piperazine rings is 1. The van der Waals surface area contributed by atoms with E-state index in [1.165, 1.54) is 31.1 Å². The van der Waals surface area contributed by atoms with E-state index in [9.17, 15) is 18.0 Å². The predicted molar refractivity (Wildman–Crippen MR) is 129 cm³/mol. The standard InChI is InChI=1S/C21H27N7O.C2HF3O2/c1-22-19-15-23-20(25-19)21(29)24-17-7-6-16(27-12-10-26(2)11-13-27)14-18(17)28-8-4-3-5-9-28;3-2(4,5)1(6)7/h6-7,14-15H,3-5,8-13H2,2H3,(H,23,25)(H,24,29);(H,6,7). The summed E-state index contributed by atoms with van der Waals surface area (Å²) in [6, 6.07) is 6.29. The van der Waals surface area contributed by atoms with Gasteiger partial charge in [0.25, 0.3) is 5.82 Å². The second-order valence-electron chi connectivity index (χ2n) is 8.53. The van der Waals surface area contributed by atoms with E-state index >= 15 is 0 Å². The molecule has 0 unspecified atom stereocenters. The van der Waals surface area contributed by atoms with E-state index in [0.717, 1.165) is 50.6 Å². The van der Waals surface area contributed by atoms with E-state index in [0.29, 0.717) is 0 Å². The zero-order chi connectivity index (χ0) is 26.3. The lowest BCUT2D eigenvalue weighted by Gasteiger charge is -2.36. The number of rotatable bonds is 4. The number of carbonyl (C=O) groups excluding carboxylic acids is 1. The van der Waals surface area contributed by atoms with Gasteiger partial charge in [0, 0.05) is 45.0 Å². The lowest BCUT2D eigenvalue weighted by Crippen LogP contribution is -2.44. The number of likely N-dealkylation sites (N-methyl/N-ethyl adjacent to an activating group) is 1. The highest BCUT2D eigenvalue weighted by Gasteiger charge is 2.38. The first-order chi connectivity index (χ1) is 17.1. The molecule has 1 aromatic carbocycles. The number of halogens is 3. The molecule has 3 heterocycles. The number of aromatic nitrogens is 2. The predicted octanol–water partition coefficient (Wildman–Crippen LogP) is 3.59. The minimum Gasteiger partial charge on any atom is -0.475 e. The highest BCUT2D eigenvalue weighted by Crippen LogP contribution is 2.33. The Labute approximate surface area is 206 Å². The Morgan fingerprint density at radius 3 is 2.28 bits per heavy atom. The van der Waals surface area contributed by atoms with Crippen LogP contribution in [0.5, 0.6) is 0 Å². The van der Waals surface area contributed by atoms with Crippen molar-refractivity contribution in [1.82, 2.24) is 14.9 Å². The number of aliphatic carboxylic acids is 1. The highest BCUT2D eigenvalue weighted by atomic mass is 19.4. The first-order valence-corrected chi connectivity index (χ1v) is 11.4. The molecular formula is C23H28F3N7O3. The maximum absolute atomic E-state index is 12.7. The van der Waals surface area contributed by atoms with Crippen LogP contribution < -0.4 is 15.1 Å². The van der Waals surface area contributed by atoms with Crippen LogP contribution in [-0.2, 0) is 4.79 Å². The van der Waals surface area contributed by atoms with E-state index < -0.39 is 12.1 Å². The van der Waals surface area contributed by atoms with Gasteiger partial charge in [-0.05, 0) is 44.5 Å². The summed E-state index contributed by atoms with van der Waals surface area (Å²) in [6.07, 6.45) is -0.122. The van der Waals surface area contributed by atoms with Crippen LogP contribution in [0.1, 0.15) is 29.9 Å². The molecule has 0 radical (unpaired) electrons. The summed E-state index contributed by atoms with van der Waals surface area (Å²) in [7, 11) is 2.16. The average Bonchev–Trinajstić information content (AvgIpc) is 3.35. The molecule has 2 aromatic rings. The number of anilines is 3. The minimum atomic E-state index is -5.08. The first-order valence-electron chi connectivity index (χ1n) is 11.4. The molecule has 36 heavy (non-hydrogen) atoms. The van der Waals surface area contributed by atoms with Crippen LogP contribution in [0.25, 0.3) is 4.85 Å². The number of aromatic amines is 1. The molecule has 2 aliphatic rings. The molecule has 10 nitrogen and oxygen atoms in total. The summed E-state index contributed by atoms with van der Waals surface area (Å²) in [5.41, 5.74) is 3.05. The number of piperidine rings is 1. The van der Waals surface area contributed by atoms with Gasteiger partial charge in [-0.15, -0.1) is 0 Å². The quantitative estimate of drug-likeness (QED) is 0.543. The van der Waals surface area contributed by atoms with Crippen LogP contribution >= 0.6 is 0 Å². The van der Waals surface area contributed by atoms with Gasteiger partial charge in [-0.3, -0.25) is 9.78 Å². The molecule has 13 heteroatoms. The van der Waals surface area contributed by atoms with Gasteiger partial charge in [0.15, 0.2) is 0 Å². The Hall–Kier alpha value is -3.79. The van der Waals surface area contributed by atoms with E-state index in [-0.39, 0.29) is 17.5 Å². The summed E-state index contributed by atoms with van der Waals surface area (Å²) in [5.74, 6) is -2.67. The van der Waals surface area contributed by atoms with Gasteiger partial charge in [0.1, 0.15) is 0 Å². The number of H-pyrrole nitrogens is 1. The monoisotopic (exact) mass is 507 g/mol. The fourth-order valence-electron chi connectivity index (χ4n) is 3.95. The number of imidazole rings is 1. The van der Waals surface area contributed by atoms with Gasteiger partial charge in [-0.2, -0.15) is 13.2 Å². The molecule has 1 aromatic heterocycles. The SMILES string of the molecule is O=C(O)C(F)(F)F.[C-]#[N+]c1cnc(C(=O)Nc2ccc(N3CCN(C)CC3)cc2N2CCCCC2)[nH]1. The van der Waals surface area contributed by atoms with E-state index in [4.69, 9.17) is 16.5 Å². The highest BCUT2D eigenvalue weighted by molar-refractivity contribution is 6.04. The zero-order valence-corrected chi connectivity index (χ0v) is 19.8. The maximum atomic E-state index is 12.7. The summed E-state index contributed by atoms with van der Waals surface area (Å²) in [5, 5.41) is 10.1. The normalized spacial score (nSPS) is 16.5. The number of benzene rings is 1. The van der Waals surface area contributed by atoms with Gasteiger partial charge < -0.3 is 30.0 Å². The van der Waals surface area contributed by atoms with Crippen LogP contribution in [0.3, 0.4) is 0 Å². The van der Waals surface area contributed by atoms with Crippen molar-refractivity contribution >= 4 is 34.8 Å². The number of hydrogen-bond donors (Lipinski definition) is 3. The molecular weight excluding hydrogens is 479 g/mol. The smallest absolute Gasteiger partial charge is 0.475 e. The number of alkyl halides is 3. The van der Waals surface area contributed by atoms with Crippen LogP contribution in [0.4, 0.5) is 36.1 Å². The summed E-state index contributed by atoms with van der Waals surface area (Å²) < 4.78 is 31.7. The van der Waals surface area contributed by atoms with Crippen molar-refractivity contribution in [2.45, 2.75) is 25.4 Å². The Balaban J connectivity index is 0.000000454. The molecule has 1 amide bonds. The van der Waals surface area contributed by atoms with Gasteiger partial charge in [-0.1, -0.05) is 6.57 Å².